The fourth-order valence-electron chi connectivity index (χ4n) is 4.42. The van der Waals surface area contributed by atoms with Gasteiger partial charge in [-0.3, -0.25) is 9.59 Å². The zero-order chi connectivity index (χ0) is 26.3. The molecule has 2 aromatic heterocycles. The Morgan fingerprint density at radius 1 is 1.11 bits per heavy atom. The molecule has 1 aliphatic rings. The second-order valence-electron chi connectivity index (χ2n) is 9.75. The molecule has 0 bridgehead atoms. The molecule has 2 heterocycles. The van der Waals surface area contributed by atoms with Crippen molar-refractivity contribution in [1.29, 1.82) is 0 Å². The first kappa shape index (κ1) is 25.5. The Balaban J connectivity index is 1.47. The van der Waals surface area contributed by atoms with Gasteiger partial charge in [0.2, 0.25) is 0 Å². The zero-order valence-corrected chi connectivity index (χ0v) is 20.1. The van der Waals surface area contributed by atoms with Crippen molar-refractivity contribution in [3.8, 4) is 11.3 Å². The van der Waals surface area contributed by atoms with Crippen molar-refractivity contribution in [3.05, 3.63) is 52.9 Å². The largest absolute Gasteiger partial charge is 0.401 e. The highest BCUT2D eigenvalue weighted by atomic mass is 19.4. The molecule has 1 amide bonds. The van der Waals surface area contributed by atoms with Crippen LogP contribution in [-0.4, -0.2) is 32.8 Å². The number of carbonyl (C=O) groups excluding carboxylic acids is 2. The second-order valence-corrected chi connectivity index (χ2v) is 9.75. The highest BCUT2D eigenvalue weighted by Crippen LogP contribution is 2.40. The quantitative estimate of drug-likeness (QED) is 0.465. The predicted molar refractivity (Wildman–Crippen MR) is 126 cm³/mol. The van der Waals surface area contributed by atoms with Crippen molar-refractivity contribution in [2.24, 2.45) is 5.73 Å². The van der Waals surface area contributed by atoms with Crippen LogP contribution in [0, 0.1) is 0 Å². The molecule has 0 unspecified atom stereocenters. The van der Waals surface area contributed by atoms with Gasteiger partial charge in [-0.2, -0.15) is 18.3 Å². The van der Waals surface area contributed by atoms with Gasteiger partial charge >= 0.3 is 6.18 Å². The average Bonchev–Trinajstić information content (AvgIpc) is 3.53. The van der Waals surface area contributed by atoms with Gasteiger partial charge in [-0.1, -0.05) is 42.3 Å². The van der Waals surface area contributed by atoms with E-state index in [1.54, 1.807) is 28.9 Å². The first-order valence-electron chi connectivity index (χ1n) is 11.7. The summed E-state index contributed by atoms with van der Waals surface area (Å²) in [7, 11) is 0. The summed E-state index contributed by atoms with van der Waals surface area (Å²) in [6, 6.07) is 8.22. The van der Waals surface area contributed by atoms with Crippen LogP contribution in [0.25, 0.3) is 11.3 Å². The number of anilines is 1. The number of nitrogens with two attached hydrogens (primary N) is 2. The number of amides is 1. The number of ketones is 1. The van der Waals surface area contributed by atoms with E-state index in [2.05, 4.69) is 10.3 Å². The number of nitrogen functional groups attached to an aromatic ring is 1. The maximum atomic E-state index is 13.2. The van der Waals surface area contributed by atoms with E-state index in [1.165, 1.54) is 6.07 Å². The Morgan fingerprint density at radius 3 is 2.33 bits per heavy atom. The number of aromatic nitrogens is 3. The van der Waals surface area contributed by atoms with Crippen LogP contribution >= 0.6 is 0 Å². The molecule has 0 radical (unpaired) electrons. The van der Waals surface area contributed by atoms with Gasteiger partial charge in [0, 0.05) is 18.1 Å². The Kier molecular flexibility index (Phi) is 6.68. The van der Waals surface area contributed by atoms with E-state index >= 15 is 0 Å². The lowest BCUT2D eigenvalue weighted by atomic mass is 9.89. The van der Waals surface area contributed by atoms with Crippen LogP contribution in [0.4, 0.5) is 19.0 Å². The van der Waals surface area contributed by atoms with E-state index in [1.807, 2.05) is 0 Å². The van der Waals surface area contributed by atoms with Gasteiger partial charge in [0.25, 0.3) is 5.91 Å². The van der Waals surface area contributed by atoms with Crippen LogP contribution in [-0.2, 0) is 23.1 Å². The van der Waals surface area contributed by atoms with Crippen LogP contribution in [0.15, 0.2) is 34.9 Å². The van der Waals surface area contributed by atoms with Crippen LogP contribution in [0.2, 0.25) is 0 Å². The summed E-state index contributed by atoms with van der Waals surface area (Å²) in [6.45, 7) is 1.99. The molecule has 0 atom stereocenters. The summed E-state index contributed by atoms with van der Waals surface area (Å²) in [6.07, 6.45) is -0.606. The summed E-state index contributed by atoms with van der Waals surface area (Å²) in [5, 5.41) is 8.23. The predicted octanol–water partition coefficient (Wildman–Crippen LogP) is 4.53. The van der Waals surface area contributed by atoms with Crippen LogP contribution < -0.4 is 11.5 Å². The lowest BCUT2D eigenvalue weighted by molar-refractivity contribution is -0.185. The zero-order valence-electron chi connectivity index (χ0n) is 20.1. The lowest BCUT2D eigenvalue weighted by Gasteiger charge is -2.24. The number of nitrogens with zero attached hydrogens (tertiary/aromatic N) is 3. The van der Waals surface area contributed by atoms with Gasteiger partial charge in [-0.15, -0.1) is 0 Å². The maximum Gasteiger partial charge on any atom is 0.401 e. The molecule has 3 aromatic rings. The van der Waals surface area contributed by atoms with Gasteiger partial charge in [-0.25, -0.2) is 4.68 Å². The minimum Gasteiger partial charge on any atom is -0.383 e. The molecule has 8 nitrogen and oxygen atoms in total. The van der Waals surface area contributed by atoms with Crippen molar-refractivity contribution >= 4 is 17.5 Å². The third kappa shape index (κ3) is 4.87. The SMILES string of the molecule is CC(C)(c1cc(CC(=O)Cc2ccc(-c3nn(C4CCCC4)c(N)c3C(N)=O)cc2)no1)C(F)(F)F. The molecule has 4 rings (SSSR count). The fraction of sp³-hybridized carbons (Fsp3) is 0.440. The smallest absolute Gasteiger partial charge is 0.383 e. The minimum atomic E-state index is -4.51. The van der Waals surface area contributed by atoms with E-state index in [0.717, 1.165) is 39.5 Å². The van der Waals surface area contributed by atoms with Gasteiger partial charge in [0.15, 0.2) is 5.76 Å². The van der Waals surface area contributed by atoms with Crippen molar-refractivity contribution < 1.29 is 27.3 Å². The van der Waals surface area contributed by atoms with E-state index < -0.39 is 17.5 Å². The van der Waals surface area contributed by atoms with E-state index in [-0.39, 0.29) is 47.5 Å². The van der Waals surface area contributed by atoms with Crippen LogP contribution in [0.5, 0.6) is 0 Å². The third-order valence-electron chi connectivity index (χ3n) is 6.76. The topological polar surface area (TPSA) is 130 Å². The number of Topliss-reactive ketones (excluding diaryl/α,β-unsaturated/α-hetero) is 1. The van der Waals surface area contributed by atoms with E-state index in [0.29, 0.717) is 16.8 Å². The monoisotopic (exact) mass is 503 g/mol. The summed E-state index contributed by atoms with van der Waals surface area (Å²) in [5.74, 6) is -0.986. The lowest BCUT2D eigenvalue weighted by Crippen LogP contribution is -2.35. The number of alkyl halides is 3. The number of hydrogen-bond acceptors (Lipinski definition) is 6. The molecular weight excluding hydrogens is 475 g/mol. The summed E-state index contributed by atoms with van der Waals surface area (Å²) in [5.41, 5.74) is 11.6. The number of carbonyl (C=O) groups is 2. The van der Waals surface area contributed by atoms with Crippen molar-refractivity contribution in [3.63, 3.8) is 0 Å². The Bertz CT molecular complexity index is 1270. The molecule has 1 aliphatic carbocycles. The highest BCUT2D eigenvalue weighted by molar-refractivity contribution is 6.03. The number of benzene rings is 1. The van der Waals surface area contributed by atoms with Crippen LogP contribution in [0.3, 0.4) is 0 Å². The van der Waals surface area contributed by atoms with Gasteiger partial charge in [-0.05, 0) is 32.3 Å². The van der Waals surface area contributed by atoms with Crippen molar-refractivity contribution in [1.82, 2.24) is 14.9 Å². The first-order chi connectivity index (χ1) is 16.9. The van der Waals surface area contributed by atoms with Crippen molar-refractivity contribution in [2.45, 2.75) is 70.0 Å². The standard InChI is InChI=1S/C25H28F3N5O3/c1-24(2,25(26,27)28)19-13-16(32-36-19)12-18(34)11-14-7-9-15(10-8-14)21-20(23(30)35)22(29)33(31-21)17-5-3-4-6-17/h7-10,13,17H,3-6,11-12,29H2,1-2H3,(H2,30,35). The Hall–Kier alpha value is -3.63. The average molecular weight is 504 g/mol. The molecule has 0 spiro atoms. The number of rotatable bonds is 8. The van der Waals surface area contributed by atoms with Crippen LogP contribution in [0.1, 0.15) is 72.9 Å². The normalized spacial score (nSPS) is 14.9. The Morgan fingerprint density at radius 2 is 1.75 bits per heavy atom. The summed E-state index contributed by atoms with van der Waals surface area (Å²) < 4.78 is 46.2. The molecule has 11 heteroatoms. The number of halogens is 3. The molecule has 1 saturated carbocycles. The molecule has 4 N–H and O–H groups in total. The highest BCUT2D eigenvalue weighted by Gasteiger charge is 2.51. The molecule has 0 saturated heterocycles. The molecule has 1 aromatic carbocycles. The number of hydrogen-bond donors (Lipinski definition) is 2. The summed E-state index contributed by atoms with van der Waals surface area (Å²) in [4.78, 5) is 24.7. The molecule has 36 heavy (non-hydrogen) atoms. The molecular formula is C25H28F3N5O3. The molecule has 0 aliphatic heterocycles. The van der Waals surface area contributed by atoms with Gasteiger partial charge < -0.3 is 16.0 Å². The molecule has 192 valence electrons. The van der Waals surface area contributed by atoms with Gasteiger partial charge in [0.1, 0.15) is 28.3 Å². The van der Waals surface area contributed by atoms with E-state index in [9.17, 15) is 22.8 Å². The first-order valence-corrected chi connectivity index (χ1v) is 11.7. The second kappa shape index (κ2) is 9.44. The Labute approximate surface area is 205 Å². The van der Waals surface area contributed by atoms with E-state index in [4.69, 9.17) is 16.0 Å². The molecule has 1 fully saturated rings. The summed E-state index contributed by atoms with van der Waals surface area (Å²) >= 11 is 0. The van der Waals surface area contributed by atoms with Gasteiger partial charge in [0.05, 0.1) is 18.2 Å². The maximum absolute atomic E-state index is 13.2. The third-order valence-corrected chi connectivity index (χ3v) is 6.76. The number of primary amides is 1. The minimum absolute atomic E-state index is 0.0481. The van der Waals surface area contributed by atoms with Crippen molar-refractivity contribution in [2.75, 3.05) is 5.73 Å². The fourth-order valence-corrected chi connectivity index (χ4v) is 4.42.